The molecule has 0 radical (unpaired) electrons. The number of aryl methyl sites for hydroxylation is 1. The lowest BCUT2D eigenvalue weighted by molar-refractivity contribution is 0.394. The molecular weight excluding hydrogens is 274 g/mol. The van der Waals surface area contributed by atoms with E-state index in [1.54, 1.807) is 0 Å². The number of rotatable bonds is 2. The van der Waals surface area contributed by atoms with Crippen LogP contribution in [0.4, 0.5) is 0 Å². The van der Waals surface area contributed by atoms with Gasteiger partial charge in [0.25, 0.3) is 0 Å². The molecule has 20 heavy (non-hydrogen) atoms. The van der Waals surface area contributed by atoms with E-state index in [9.17, 15) is 8.42 Å². The summed E-state index contributed by atoms with van der Waals surface area (Å²) in [4.78, 5) is 0. The highest BCUT2D eigenvalue weighted by Crippen LogP contribution is 2.29. The number of aromatic amines is 1. The van der Waals surface area contributed by atoms with E-state index in [1.807, 2.05) is 31.2 Å². The van der Waals surface area contributed by atoms with Crippen LogP contribution in [0.2, 0.25) is 0 Å². The van der Waals surface area contributed by atoms with E-state index < -0.39 is 10.0 Å². The first-order valence-corrected chi connectivity index (χ1v) is 8.38. The SMILES string of the molecule is Cc1ccc(-c2n[nH]c3c2CN(S(C)(=O)=O)CC3)cc1. The fourth-order valence-corrected chi connectivity index (χ4v) is 3.29. The fourth-order valence-electron chi connectivity index (χ4n) is 2.50. The number of hydrogen-bond donors (Lipinski definition) is 1. The topological polar surface area (TPSA) is 66.1 Å². The molecule has 6 heteroatoms. The second-order valence-corrected chi connectivity index (χ2v) is 7.22. The zero-order valence-electron chi connectivity index (χ0n) is 11.5. The summed E-state index contributed by atoms with van der Waals surface area (Å²) in [5, 5.41) is 7.41. The molecule has 0 bridgehead atoms. The van der Waals surface area contributed by atoms with Crippen molar-refractivity contribution in [3.63, 3.8) is 0 Å². The maximum Gasteiger partial charge on any atom is 0.211 e. The van der Waals surface area contributed by atoms with Gasteiger partial charge in [-0.1, -0.05) is 29.8 Å². The average Bonchev–Trinajstić information content (AvgIpc) is 2.81. The smallest absolute Gasteiger partial charge is 0.211 e. The zero-order chi connectivity index (χ0) is 14.3. The Morgan fingerprint density at radius 3 is 2.60 bits per heavy atom. The van der Waals surface area contributed by atoms with Gasteiger partial charge in [0.2, 0.25) is 10.0 Å². The Bertz CT molecular complexity index is 732. The number of fused-ring (bicyclic) bond motifs is 1. The number of nitrogens with one attached hydrogen (secondary N) is 1. The number of H-pyrrole nitrogens is 1. The number of sulfonamides is 1. The zero-order valence-corrected chi connectivity index (χ0v) is 12.4. The van der Waals surface area contributed by atoms with Crippen LogP contribution in [0.25, 0.3) is 11.3 Å². The van der Waals surface area contributed by atoms with Crippen LogP contribution in [-0.4, -0.2) is 35.7 Å². The van der Waals surface area contributed by atoms with E-state index in [1.165, 1.54) is 16.1 Å². The van der Waals surface area contributed by atoms with E-state index in [4.69, 9.17) is 0 Å². The highest BCUT2D eigenvalue weighted by atomic mass is 32.2. The molecule has 5 nitrogen and oxygen atoms in total. The quantitative estimate of drug-likeness (QED) is 0.916. The third-order valence-electron chi connectivity index (χ3n) is 3.69. The van der Waals surface area contributed by atoms with Crippen molar-refractivity contribution in [2.24, 2.45) is 0 Å². The van der Waals surface area contributed by atoms with Gasteiger partial charge in [-0.2, -0.15) is 9.40 Å². The highest BCUT2D eigenvalue weighted by molar-refractivity contribution is 7.88. The molecular formula is C14H17N3O2S. The van der Waals surface area contributed by atoms with Crippen molar-refractivity contribution in [1.82, 2.24) is 14.5 Å². The maximum absolute atomic E-state index is 11.7. The van der Waals surface area contributed by atoms with Crippen LogP contribution < -0.4 is 0 Å². The fraction of sp³-hybridized carbons (Fsp3) is 0.357. The molecule has 1 aromatic heterocycles. The Labute approximate surface area is 118 Å². The summed E-state index contributed by atoms with van der Waals surface area (Å²) >= 11 is 0. The molecule has 0 aliphatic carbocycles. The maximum atomic E-state index is 11.7. The predicted octanol–water partition coefficient (Wildman–Crippen LogP) is 1.70. The molecule has 0 saturated carbocycles. The summed E-state index contributed by atoms with van der Waals surface area (Å²) in [5.41, 5.74) is 5.10. The summed E-state index contributed by atoms with van der Waals surface area (Å²) in [6.45, 7) is 2.95. The standard InChI is InChI=1S/C14H17N3O2S/c1-10-3-5-11(6-4-10)14-12-9-17(20(2,18)19)8-7-13(12)15-16-14/h3-6H,7-9H2,1-2H3,(H,15,16). The molecule has 2 aromatic rings. The Kier molecular flexibility index (Phi) is 3.14. The van der Waals surface area contributed by atoms with Gasteiger partial charge in [0, 0.05) is 36.3 Å². The van der Waals surface area contributed by atoms with Crippen molar-refractivity contribution in [2.45, 2.75) is 19.9 Å². The van der Waals surface area contributed by atoms with Crippen LogP contribution in [-0.2, 0) is 23.0 Å². The predicted molar refractivity (Wildman–Crippen MR) is 77.7 cm³/mol. The van der Waals surface area contributed by atoms with E-state index in [2.05, 4.69) is 10.2 Å². The van der Waals surface area contributed by atoms with Gasteiger partial charge >= 0.3 is 0 Å². The Hall–Kier alpha value is -1.66. The van der Waals surface area contributed by atoms with Crippen LogP contribution >= 0.6 is 0 Å². The highest BCUT2D eigenvalue weighted by Gasteiger charge is 2.27. The number of hydrogen-bond acceptors (Lipinski definition) is 3. The summed E-state index contributed by atoms with van der Waals surface area (Å²) in [7, 11) is -3.16. The minimum absolute atomic E-state index is 0.397. The van der Waals surface area contributed by atoms with Crippen molar-refractivity contribution < 1.29 is 8.42 Å². The third kappa shape index (κ3) is 2.36. The van der Waals surface area contributed by atoms with Gasteiger partial charge in [-0.15, -0.1) is 0 Å². The Balaban J connectivity index is 2.01. The first-order valence-electron chi connectivity index (χ1n) is 6.53. The first kappa shape index (κ1) is 13.3. The molecule has 1 N–H and O–H groups in total. The van der Waals surface area contributed by atoms with E-state index in [0.29, 0.717) is 19.5 Å². The average molecular weight is 291 g/mol. The van der Waals surface area contributed by atoms with Crippen LogP contribution in [0, 0.1) is 6.92 Å². The van der Waals surface area contributed by atoms with Crippen molar-refractivity contribution in [1.29, 1.82) is 0 Å². The molecule has 3 rings (SSSR count). The molecule has 0 amide bonds. The number of aromatic nitrogens is 2. The van der Waals surface area contributed by atoms with E-state index in [-0.39, 0.29) is 0 Å². The van der Waals surface area contributed by atoms with Crippen molar-refractivity contribution in [3.05, 3.63) is 41.1 Å². The monoisotopic (exact) mass is 291 g/mol. The molecule has 0 spiro atoms. The van der Waals surface area contributed by atoms with Gasteiger partial charge in [0.05, 0.1) is 11.9 Å². The summed E-state index contributed by atoms with van der Waals surface area (Å²) in [5.74, 6) is 0. The van der Waals surface area contributed by atoms with Gasteiger partial charge in [-0.25, -0.2) is 8.42 Å². The van der Waals surface area contributed by atoms with Crippen molar-refractivity contribution >= 4 is 10.0 Å². The second kappa shape index (κ2) is 4.71. The van der Waals surface area contributed by atoms with Crippen LogP contribution in [0.15, 0.2) is 24.3 Å². The lowest BCUT2D eigenvalue weighted by atomic mass is 10.0. The normalized spacial score (nSPS) is 16.1. The third-order valence-corrected chi connectivity index (χ3v) is 4.94. The Morgan fingerprint density at radius 1 is 1.25 bits per heavy atom. The van der Waals surface area contributed by atoms with Gasteiger partial charge in [0.1, 0.15) is 0 Å². The first-order chi connectivity index (χ1) is 9.45. The van der Waals surface area contributed by atoms with Crippen molar-refractivity contribution in [2.75, 3.05) is 12.8 Å². The largest absolute Gasteiger partial charge is 0.282 e. The Morgan fingerprint density at radius 2 is 1.95 bits per heavy atom. The molecule has 0 unspecified atom stereocenters. The van der Waals surface area contributed by atoms with Crippen LogP contribution in [0.1, 0.15) is 16.8 Å². The van der Waals surface area contributed by atoms with E-state index >= 15 is 0 Å². The van der Waals surface area contributed by atoms with Gasteiger partial charge in [-0.05, 0) is 6.92 Å². The van der Waals surface area contributed by atoms with E-state index in [0.717, 1.165) is 22.5 Å². The molecule has 1 aliphatic rings. The van der Waals surface area contributed by atoms with Crippen LogP contribution in [0.3, 0.4) is 0 Å². The molecule has 1 aromatic carbocycles. The molecule has 2 heterocycles. The van der Waals surface area contributed by atoms with Crippen molar-refractivity contribution in [3.8, 4) is 11.3 Å². The lowest BCUT2D eigenvalue weighted by Crippen LogP contribution is -2.35. The molecule has 106 valence electrons. The summed E-state index contributed by atoms with van der Waals surface area (Å²) in [6.07, 6.45) is 1.94. The second-order valence-electron chi connectivity index (χ2n) is 5.24. The molecule has 0 fully saturated rings. The minimum Gasteiger partial charge on any atom is -0.282 e. The van der Waals surface area contributed by atoms with Gasteiger partial charge in [-0.3, -0.25) is 5.10 Å². The molecule has 0 atom stereocenters. The summed E-state index contributed by atoms with van der Waals surface area (Å²) in [6, 6.07) is 8.11. The lowest BCUT2D eigenvalue weighted by Gasteiger charge is -2.24. The number of benzene rings is 1. The van der Waals surface area contributed by atoms with Gasteiger partial charge in [0.15, 0.2) is 0 Å². The molecule has 1 aliphatic heterocycles. The van der Waals surface area contributed by atoms with Crippen LogP contribution in [0.5, 0.6) is 0 Å². The summed E-state index contributed by atoms with van der Waals surface area (Å²) < 4.78 is 24.9. The van der Waals surface area contributed by atoms with Gasteiger partial charge < -0.3 is 0 Å². The molecule has 0 saturated heterocycles. The minimum atomic E-state index is -3.16. The number of nitrogens with zero attached hydrogens (tertiary/aromatic N) is 2.